The number of amides is 1. The summed E-state index contributed by atoms with van der Waals surface area (Å²) in [6.07, 6.45) is -2.62. The molecular formula is C16H12F3N3OS. The first kappa shape index (κ1) is 16.5. The van der Waals surface area contributed by atoms with Gasteiger partial charge in [-0.05, 0) is 30.2 Å². The number of hydrogen-bond acceptors (Lipinski definition) is 4. The zero-order valence-corrected chi connectivity index (χ0v) is 13.1. The Kier molecular flexibility index (Phi) is 4.57. The summed E-state index contributed by atoms with van der Waals surface area (Å²) in [5, 5.41) is 2.51. The van der Waals surface area contributed by atoms with Crippen LogP contribution in [0, 0.1) is 0 Å². The number of nitrogens with zero attached hydrogens (tertiary/aromatic N) is 2. The summed E-state index contributed by atoms with van der Waals surface area (Å²) in [6.45, 7) is 0. The molecule has 0 aliphatic carbocycles. The topological polar surface area (TPSA) is 54.4 Å². The molecule has 1 amide bonds. The predicted octanol–water partition coefficient (Wildman–Crippen LogP) is 3.56. The third kappa shape index (κ3) is 3.94. The summed E-state index contributed by atoms with van der Waals surface area (Å²) in [5.41, 5.74) is -0.262. The van der Waals surface area contributed by atoms with Crippen molar-refractivity contribution in [2.45, 2.75) is 17.8 Å². The average Bonchev–Trinajstić information content (AvgIpc) is 2.87. The van der Waals surface area contributed by atoms with E-state index in [9.17, 15) is 18.0 Å². The van der Waals surface area contributed by atoms with Crippen LogP contribution in [0.2, 0.25) is 0 Å². The molecule has 1 atom stereocenters. The lowest BCUT2D eigenvalue weighted by Crippen LogP contribution is -2.26. The number of aromatic nitrogens is 1. The molecule has 0 spiro atoms. The fourth-order valence-corrected chi connectivity index (χ4v) is 3.22. The third-order valence-corrected chi connectivity index (χ3v) is 4.40. The molecule has 1 aliphatic heterocycles. The lowest BCUT2D eigenvalue weighted by Gasteiger charge is -2.10. The number of hydrogen-bond donors (Lipinski definition) is 1. The molecule has 124 valence electrons. The zero-order chi connectivity index (χ0) is 17.2. The smallest absolute Gasteiger partial charge is 0.304 e. The molecule has 24 heavy (non-hydrogen) atoms. The number of rotatable bonds is 3. The van der Waals surface area contributed by atoms with Crippen LogP contribution in [0.25, 0.3) is 0 Å². The van der Waals surface area contributed by atoms with E-state index in [0.29, 0.717) is 16.5 Å². The van der Waals surface area contributed by atoms with Gasteiger partial charge in [0.15, 0.2) is 11.0 Å². The van der Waals surface area contributed by atoms with Crippen LogP contribution in [0.1, 0.15) is 11.1 Å². The highest BCUT2D eigenvalue weighted by Crippen LogP contribution is 2.31. The summed E-state index contributed by atoms with van der Waals surface area (Å²) in [6, 6.07) is 10.2. The highest BCUT2D eigenvalue weighted by Gasteiger charge is 2.33. The molecule has 2 aromatic rings. The highest BCUT2D eigenvalue weighted by molar-refractivity contribution is 8.15. The van der Waals surface area contributed by atoms with Crippen molar-refractivity contribution in [1.82, 2.24) is 10.3 Å². The number of thioether (sulfide) groups is 1. The molecule has 2 heterocycles. The van der Waals surface area contributed by atoms with Gasteiger partial charge >= 0.3 is 6.18 Å². The van der Waals surface area contributed by atoms with Crippen molar-refractivity contribution in [3.05, 3.63) is 59.8 Å². The second-order valence-electron chi connectivity index (χ2n) is 5.10. The lowest BCUT2D eigenvalue weighted by molar-refractivity contribution is -0.137. The van der Waals surface area contributed by atoms with Gasteiger partial charge in [-0.1, -0.05) is 36.0 Å². The van der Waals surface area contributed by atoms with Crippen molar-refractivity contribution in [1.29, 1.82) is 0 Å². The molecule has 0 saturated carbocycles. The van der Waals surface area contributed by atoms with Gasteiger partial charge in [-0.2, -0.15) is 13.2 Å². The monoisotopic (exact) mass is 351 g/mol. The molecular weight excluding hydrogens is 339 g/mol. The first-order valence-electron chi connectivity index (χ1n) is 7.05. The summed E-state index contributed by atoms with van der Waals surface area (Å²) in [7, 11) is 0. The Morgan fingerprint density at radius 2 is 2.04 bits per heavy atom. The van der Waals surface area contributed by atoms with Gasteiger partial charge in [-0.25, -0.2) is 9.98 Å². The van der Waals surface area contributed by atoms with E-state index in [1.807, 2.05) is 0 Å². The van der Waals surface area contributed by atoms with Gasteiger partial charge in [-0.15, -0.1) is 0 Å². The van der Waals surface area contributed by atoms with Crippen LogP contribution in [0.3, 0.4) is 0 Å². The Morgan fingerprint density at radius 3 is 2.75 bits per heavy atom. The second-order valence-corrected chi connectivity index (χ2v) is 6.29. The Morgan fingerprint density at radius 1 is 1.21 bits per heavy atom. The summed E-state index contributed by atoms with van der Waals surface area (Å²) in [5.74, 6) is 0.187. The average molecular weight is 351 g/mol. The molecule has 0 unspecified atom stereocenters. The van der Waals surface area contributed by atoms with E-state index in [-0.39, 0.29) is 12.3 Å². The number of carbonyl (C=O) groups excluding carboxylic acids is 1. The van der Waals surface area contributed by atoms with Crippen molar-refractivity contribution >= 4 is 28.7 Å². The number of aliphatic imine (C=N–C) groups is 1. The SMILES string of the molecule is O=C1N/C(=N\c2ccccn2)S[C@@H]1Cc1cccc(C(F)(F)F)c1. The van der Waals surface area contributed by atoms with E-state index in [1.165, 1.54) is 17.8 Å². The zero-order valence-electron chi connectivity index (χ0n) is 12.2. The number of alkyl halides is 3. The third-order valence-electron chi connectivity index (χ3n) is 3.32. The minimum Gasteiger partial charge on any atom is -0.304 e. The van der Waals surface area contributed by atoms with Crippen LogP contribution >= 0.6 is 11.8 Å². The summed E-state index contributed by atoms with van der Waals surface area (Å²) < 4.78 is 38.3. The molecule has 1 aromatic carbocycles. The van der Waals surface area contributed by atoms with Crippen molar-refractivity contribution in [2.75, 3.05) is 0 Å². The molecule has 3 rings (SSSR count). The van der Waals surface area contributed by atoms with E-state index in [4.69, 9.17) is 0 Å². The van der Waals surface area contributed by atoms with Crippen LogP contribution in [-0.2, 0) is 17.4 Å². The highest BCUT2D eigenvalue weighted by atomic mass is 32.2. The number of benzene rings is 1. The van der Waals surface area contributed by atoms with E-state index >= 15 is 0 Å². The summed E-state index contributed by atoms with van der Waals surface area (Å²) in [4.78, 5) is 20.3. The number of carbonyl (C=O) groups is 1. The molecule has 1 saturated heterocycles. The quantitative estimate of drug-likeness (QED) is 0.920. The molecule has 1 N–H and O–H groups in total. The van der Waals surface area contributed by atoms with Crippen LogP contribution in [0.5, 0.6) is 0 Å². The number of amidine groups is 1. The Bertz CT molecular complexity index is 778. The lowest BCUT2D eigenvalue weighted by atomic mass is 10.1. The molecule has 1 aliphatic rings. The van der Waals surface area contributed by atoms with Crippen molar-refractivity contribution in [3.8, 4) is 0 Å². The van der Waals surface area contributed by atoms with Gasteiger partial charge in [0.2, 0.25) is 5.91 Å². The van der Waals surface area contributed by atoms with E-state index in [0.717, 1.165) is 12.1 Å². The Balaban J connectivity index is 1.73. The van der Waals surface area contributed by atoms with Crippen LogP contribution < -0.4 is 5.32 Å². The van der Waals surface area contributed by atoms with Crippen molar-refractivity contribution in [2.24, 2.45) is 4.99 Å². The van der Waals surface area contributed by atoms with Gasteiger partial charge in [-0.3, -0.25) is 4.79 Å². The van der Waals surface area contributed by atoms with E-state index in [2.05, 4.69) is 15.3 Å². The van der Waals surface area contributed by atoms with Crippen LogP contribution in [0.4, 0.5) is 19.0 Å². The van der Waals surface area contributed by atoms with Crippen molar-refractivity contribution < 1.29 is 18.0 Å². The fourth-order valence-electron chi connectivity index (χ4n) is 2.20. The van der Waals surface area contributed by atoms with Crippen molar-refractivity contribution in [3.63, 3.8) is 0 Å². The Hall–Kier alpha value is -2.35. The molecule has 1 fully saturated rings. The number of nitrogens with one attached hydrogen (secondary N) is 1. The molecule has 4 nitrogen and oxygen atoms in total. The van der Waals surface area contributed by atoms with Crippen LogP contribution in [0.15, 0.2) is 53.7 Å². The molecule has 8 heteroatoms. The fraction of sp³-hybridized carbons (Fsp3) is 0.188. The van der Waals surface area contributed by atoms with Gasteiger partial charge in [0.25, 0.3) is 0 Å². The Labute approximate surface area is 140 Å². The molecule has 0 bridgehead atoms. The summed E-state index contributed by atoms with van der Waals surface area (Å²) >= 11 is 1.19. The molecule has 0 radical (unpaired) electrons. The maximum Gasteiger partial charge on any atom is 0.416 e. The van der Waals surface area contributed by atoms with Crippen LogP contribution in [-0.4, -0.2) is 21.3 Å². The van der Waals surface area contributed by atoms with E-state index in [1.54, 1.807) is 30.5 Å². The maximum absolute atomic E-state index is 12.8. The minimum absolute atomic E-state index is 0.196. The largest absolute Gasteiger partial charge is 0.416 e. The van der Waals surface area contributed by atoms with Gasteiger partial charge in [0.1, 0.15) is 0 Å². The predicted molar refractivity (Wildman–Crippen MR) is 86.0 cm³/mol. The number of pyridine rings is 1. The normalized spacial score (nSPS) is 19.5. The molecule has 1 aromatic heterocycles. The number of halogens is 3. The van der Waals surface area contributed by atoms with Gasteiger partial charge in [0.05, 0.1) is 10.8 Å². The second kappa shape index (κ2) is 6.64. The first-order chi connectivity index (χ1) is 11.4. The standard InChI is InChI=1S/C16H12F3N3OS/c17-16(18,19)11-5-3-4-10(8-11)9-12-14(23)22-15(24-12)21-13-6-1-2-7-20-13/h1-8,12H,9H2,(H,20,21,22,23)/t12-/m1/s1. The maximum atomic E-state index is 12.8. The van der Waals surface area contributed by atoms with Gasteiger partial charge in [0, 0.05) is 6.20 Å². The minimum atomic E-state index is -4.40. The first-order valence-corrected chi connectivity index (χ1v) is 7.93. The van der Waals surface area contributed by atoms with Gasteiger partial charge < -0.3 is 5.32 Å². The van der Waals surface area contributed by atoms with E-state index < -0.39 is 17.0 Å².